The number of para-hydroxylation sites is 2. The first-order chi connectivity index (χ1) is 11.1. The number of halogens is 1. The Morgan fingerprint density at radius 2 is 1.87 bits per heavy atom. The van der Waals surface area contributed by atoms with Crippen molar-refractivity contribution in [3.8, 4) is 5.75 Å². The summed E-state index contributed by atoms with van der Waals surface area (Å²) in [6, 6.07) is 16.1. The lowest BCUT2D eigenvalue weighted by Crippen LogP contribution is -2.17. The zero-order valence-corrected chi connectivity index (χ0v) is 14.0. The van der Waals surface area contributed by atoms with Crippen molar-refractivity contribution in [2.45, 2.75) is 25.9 Å². The fourth-order valence-corrected chi connectivity index (χ4v) is 3.02. The van der Waals surface area contributed by atoms with Gasteiger partial charge < -0.3 is 15.0 Å². The molecule has 3 rings (SSSR count). The molecule has 0 amide bonds. The smallest absolute Gasteiger partial charge is 0.137 e. The largest absolute Gasteiger partial charge is 0.490 e. The van der Waals surface area contributed by atoms with E-state index in [1.807, 2.05) is 31.2 Å². The first kappa shape index (κ1) is 15.9. The second kappa shape index (κ2) is 7.07. The number of benzene rings is 2. The van der Waals surface area contributed by atoms with Crippen molar-refractivity contribution in [1.82, 2.24) is 4.57 Å². The highest BCUT2D eigenvalue weighted by molar-refractivity contribution is 6.32. The van der Waals surface area contributed by atoms with Gasteiger partial charge in [-0.25, -0.2) is 0 Å². The van der Waals surface area contributed by atoms with Gasteiger partial charge in [-0.2, -0.15) is 0 Å². The Morgan fingerprint density at radius 3 is 2.65 bits per heavy atom. The normalized spacial score (nSPS) is 12.5. The molecule has 1 heterocycles. The maximum atomic E-state index is 6.12. The van der Waals surface area contributed by atoms with Crippen LogP contribution in [-0.2, 0) is 13.0 Å². The summed E-state index contributed by atoms with van der Waals surface area (Å²) in [4.78, 5) is 0. The topological polar surface area (TPSA) is 40.2 Å². The summed E-state index contributed by atoms with van der Waals surface area (Å²) >= 11 is 6.12. The average molecular weight is 329 g/mol. The summed E-state index contributed by atoms with van der Waals surface area (Å²) in [6.45, 7) is 3.37. The van der Waals surface area contributed by atoms with Gasteiger partial charge in [-0.15, -0.1) is 0 Å². The number of fused-ring (bicyclic) bond motifs is 1. The molecule has 0 spiro atoms. The number of aromatic nitrogens is 1. The Kier molecular flexibility index (Phi) is 4.89. The number of rotatable bonds is 6. The van der Waals surface area contributed by atoms with Gasteiger partial charge in [-0.05, 0) is 37.1 Å². The Bertz CT molecular complexity index is 795. The summed E-state index contributed by atoms with van der Waals surface area (Å²) in [7, 11) is 0. The molecular formula is C19H21ClN2O. The van der Waals surface area contributed by atoms with Gasteiger partial charge in [-0.3, -0.25) is 0 Å². The molecular weight excluding hydrogens is 308 g/mol. The van der Waals surface area contributed by atoms with Gasteiger partial charge in [0.2, 0.25) is 0 Å². The fourth-order valence-electron chi connectivity index (χ4n) is 2.83. The van der Waals surface area contributed by atoms with E-state index in [4.69, 9.17) is 22.1 Å². The number of nitrogens with two attached hydrogens (primary N) is 1. The molecule has 2 N–H and O–H groups in total. The van der Waals surface area contributed by atoms with Gasteiger partial charge >= 0.3 is 0 Å². The number of hydrogen-bond acceptors (Lipinski definition) is 2. The van der Waals surface area contributed by atoms with Crippen molar-refractivity contribution in [2.24, 2.45) is 5.73 Å². The molecule has 0 radical (unpaired) electrons. The summed E-state index contributed by atoms with van der Waals surface area (Å²) in [6.07, 6.45) is 3.06. The quantitative estimate of drug-likeness (QED) is 0.734. The van der Waals surface area contributed by atoms with E-state index in [0.29, 0.717) is 11.6 Å². The van der Waals surface area contributed by atoms with Gasteiger partial charge in [0.05, 0.1) is 11.6 Å². The molecule has 0 fully saturated rings. The van der Waals surface area contributed by atoms with E-state index in [9.17, 15) is 0 Å². The van der Waals surface area contributed by atoms with Crippen LogP contribution in [0.2, 0.25) is 5.02 Å². The molecule has 1 aromatic heterocycles. The fraction of sp³-hybridized carbons (Fsp3) is 0.263. The van der Waals surface area contributed by atoms with E-state index in [1.54, 1.807) is 0 Å². The van der Waals surface area contributed by atoms with Gasteiger partial charge in [0, 0.05) is 23.1 Å². The second-order valence-corrected chi connectivity index (χ2v) is 6.23. The summed E-state index contributed by atoms with van der Waals surface area (Å²) in [5.41, 5.74) is 8.47. The van der Waals surface area contributed by atoms with E-state index in [2.05, 4.69) is 35.0 Å². The molecule has 0 aliphatic rings. The molecule has 23 heavy (non-hydrogen) atoms. The van der Waals surface area contributed by atoms with Crippen LogP contribution in [0.4, 0.5) is 0 Å². The molecule has 3 nitrogen and oxygen atoms in total. The molecule has 120 valence electrons. The number of ether oxygens (including phenoxy) is 1. The minimum Gasteiger partial charge on any atom is -0.490 e. The monoisotopic (exact) mass is 328 g/mol. The Morgan fingerprint density at radius 1 is 1.13 bits per heavy atom. The van der Waals surface area contributed by atoms with Gasteiger partial charge in [-0.1, -0.05) is 41.9 Å². The highest BCUT2D eigenvalue weighted by atomic mass is 35.5. The van der Waals surface area contributed by atoms with Crippen LogP contribution in [0, 0.1) is 0 Å². The summed E-state index contributed by atoms with van der Waals surface area (Å²) in [5.74, 6) is 0.724. The van der Waals surface area contributed by atoms with Crippen LogP contribution in [0.3, 0.4) is 0 Å². The maximum Gasteiger partial charge on any atom is 0.137 e. The van der Waals surface area contributed by atoms with E-state index in [1.165, 1.54) is 16.5 Å². The molecule has 0 saturated carbocycles. The number of nitrogens with zero attached hydrogens (tertiary/aromatic N) is 1. The SMILES string of the molecule is CC(N)Cc1cn(CCOc2ccccc2Cl)c2ccccc12. The van der Waals surface area contributed by atoms with Gasteiger partial charge in [0.25, 0.3) is 0 Å². The number of hydrogen-bond donors (Lipinski definition) is 1. The van der Waals surface area contributed by atoms with Crippen LogP contribution in [-0.4, -0.2) is 17.2 Å². The van der Waals surface area contributed by atoms with E-state index >= 15 is 0 Å². The van der Waals surface area contributed by atoms with Crippen molar-refractivity contribution in [2.75, 3.05) is 6.61 Å². The Labute approximate surface area is 141 Å². The van der Waals surface area contributed by atoms with Crippen LogP contribution in [0.25, 0.3) is 10.9 Å². The minimum absolute atomic E-state index is 0.147. The highest BCUT2D eigenvalue weighted by Crippen LogP contribution is 2.24. The standard InChI is InChI=1S/C19H21ClN2O/c1-14(21)12-15-13-22(18-8-4-2-6-16(15)18)10-11-23-19-9-5-3-7-17(19)20/h2-9,13-14H,10-12,21H2,1H3. The predicted octanol–water partition coefficient (Wildman–Crippen LogP) is 4.26. The zero-order chi connectivity index (χ0) is 16.2. The lowest BCUT2D eigenvalue weighted by Gasteiger charge is -2.09. The molecule has 1 atom stereocenters. The average Bonchev–Trinajstić information content (AvgIpc) is 2.87. The molecule has 2 aromatic carbocycles. The molecule has 0 aliphatic carbocycles. The Balaban J connectivity index is 1.76. The van der Waals surface area contributed by atoms with Gasteiger partial charge in [0.15, 0.2) is 0 Å². The second-order valence-electron chi connectivity index (χ2n) is 5.83. The van der Waals surface area contributed by atoms with Crippen molar-refractivity contribution in [3.63, 3.8) is 0 Å². The van der Waals surface area contributed by atoms with Crippen LogP contribution in [0.15, 0.2) is 54.7 Å². The summed E-state index contributed by atoms with van der Waals surface area (Å²) in [5, 5.41) is 1.91. The molecule has 1 unspecified atom stereocenters. The molecule has 0 bridgehead atoms. The molecule has 0 saturated heterocycles. The van der Waals surface area contributed by atoms with Crippen molar-refractivity contribution < 1.29 is 4.74 Å². The zero-order valence-electron chi connectivity index (χ0n) is 13.2. The first-order valence-electron chi connectivity index (χ1n) is 7.85. The molecule has 0 aliphatic heterocycles. The third kappa shape index (κ3) is 3.69. The van der Waals surface area contributed by atoms with Crippen LogP contribution in [0.5, 0.6) is 5.75 Å². The lowest BCUT2D eigenvalue weighted by molar-refractivity contribution is 0.300. The van der Waals surface area contributed by atoms with Crippen LogP contribution in [0.1, 0.15) is 12.5 Å². The first-order valence-corrected chi connectivity index (χ1v) is 8.22. The van der Waals surface area contributed by atoms with Crippen molar-refractivity contribution >= 4 is 22.5 Å². The minimum atomic E-state index is 0.147. The lowest BCUT2D eigenvalue weighted by atomic mass is 10.1. The predicted molar refractivity (Wildman–Crippen MR) is 96.2 cm³/mol. The van der Waals surface area contributed by atoms with Crippen LogP contribution < -0.4 is 10.5 Å². The Hall–Kier alpha value is -1.97. The highest BCUT2D eigenvalue weighted by Gasteiger charge is 2.09. The molecule has 4 heteroatoms. The third-order valence-electron chi connectivity index (χ3n) is 3.84. The van der Waals surface area contributed by atoms with E-state index < -0.39 is 0 Å². The third-order valence-corrected chi connectivity index (χ3v) is 4.15. The van der Waals surface area contributed by atoms with Crippen molar-refractivity contribution in [3.05, 3.63) is 65.3 Å². The van der Waals surface area contributed by atoms with Gasteiger partial charge in [0.1, 0.15) is 12.4 Å². The molecule has 3 aromatic rings. The van der Waals surface area contributed by atoms with E-state index in [-0.39, 0.29) is 6.04 Å². The van der Waals surface area contributed by atoms with Crippen molar-refractivity contribution in [1.29, 1.82) is 0 Å². The summed E-state index contributed by atoms with van der Waals surface area (Å²) < 4.78 is 8.03. The van der Waals surface area contributed by atoms with E-state index in [0.717, 1.165) is 18.7 Å². The maximum absolute atomic E-state index is 6.12. The van der Waals surface area contributed by atoms with Crippen LogP contribution >= 0.6 is 11.6 Å².